The smallest absolute Gasteiger partial charge is 0.360 e. The summed E-state index contributed by atoms with van der Waals surface area (Å²) in [6, 6.07) is -0.000762. The fourth-order valence-corrected chi connectivity index (χ4v) is 2.31. The van der Waals surface area contributed by atoms with Gasteiger partial charge < -0.3 is 15.8 Å². The molecule has 8 heteroatoms. The first-order chi connectivity index (χ1) is 9.54. The lowest BCUT2D eigenvalue weighted by Gasteiger charge is -2.15. The molecule has 20 heavy (non-hydrogen) atoms. The van der Waals surface area contributed by atoms with Crippen molar-refractivity contribution in [3.05, 3.63) is 11.4 Å². The molecule has 2 heterocycles. The fourth-order valence-electron chi connectivity index (χ4n) is 2.31. The van der Waals surface area contributed by atoms with Gasteiger partial charge in [-0.3, -0.25) is 4.79 Å². The number of esters is 1. The highest BCUT2D eigenvalue weighted by atomic mass is 16.5. The lowest BCUT2D eigenvalue weighted by Crippen LogP contribution is -2.28. The average Bonchev–Trinajstić information content (AvgIpc) is 3.05. The summed E-state index contributed by atoms with van der Waals surface area (Å²) in [5.74, 6) is -1.32. The van der Waals surface area contributed by atoms with Gasteiger partial charge in [-0.15, -0.1) is 5.10 Å². The molecular formula is C12H19N5O3. The molecule has 1 fully saturated rings. The van der Waals surface area contributed by atoms with E-state index >= 15 is 0 Å². The Hall–Kier alpha value is -1.96. The molecule has 0 aromatic carbocycles. The number of hydrogen-bond acceptors (Lipinski definition) is 6. The van der Waals surface area contributed by atoms with Crippen LogP contribution in [0.25, 0.3) is 0 Å². The van der Waals surface area contributed by atoms with Gasteiger partial charge in [0.1, 0.15) is 0 Å². The number of amides is 1. The number of nitrogens with zero attached hydrogens (tertiary/aromatic N) is 3. The maximum absolute atomic E-state index is 11.8. The third-order valence-electron chi connectivity index (χ3n) is 3.48. The molecule has 110 valence electrons. The number of carbonyl (C=O) groups is 2. The highest BCUT2D eigenvalue weighted by Crippen LogP contribution is 2.26. The largest absolute Gasteiger partial charge is 0.464 e. The molecule has 1 saturated heterocycles. The lowest BCUT2D eigenvalue weighted by atomic mass is 10.1. The molecule has 2 rings (SSSR count). The molecule has 0 saturated carbocycles. The van der Waals surface area contributed by atoms with E-state index in [1.807, 2.05) is 0 Å². The monoisotopic (exact) mass is 281 g/mol. The van der Waals surface area contributed by atoms with Gasteiger partial charge in [0.25, 0.3) is 0 Å². The van der Waals surface area contributed by atoms with Gasteiger partial charge in [0, 0.05) is 0 Å². The Kier molecular flexibility index (Phi) is 4.33. The number of nitrogens with two attached hydrogens (primary N) is 1. The van der Waals surface area contributed by atoms with E-state index in [1.165, 1.54) is 7.11 Å². The summed E-state index contributed by atoms with van der Waals surface area (Å²) in [6.45, 7) is 2.89. The molecule has 2 unspecified atom stereocenters. The van der Waals surface area contributed by atoms with Crippen molar-refractivity contribution in [3.63, 3.8) is 0 Å². The van der Waals surface area contributed by atoms with Gasteiger partial charge in [-0.1, -0.05) is 12.1 Å². The summed E-state index contributed by atoms with van der Waals surface area (Å²) < 4.78 is 6.30. The molecule has 1 aliphatic heterocycles. The van der Waals surface area contributed by atoms with E-state index in [0.717, 1.165) is 19.4 Å². The van der Waals surface area contributed by atoms with Crippen molar-refractivity contribution in [2.45, 2.75) is 32.4 Å². The highest BCUT2D eigenvalue weighted by Gasteiger charge is 2.30. The minimum absolute atomic E-state index is 0.000762. The van der Waals surface area contributed by atoms with Crippen LogP contribution >= 0.6 is 0 Å². The van der Waals surface area contributed by atoms with E-state index in [1.54, 1.807) is 11.6 Å². The first-order valence-corrected chi connectivity index (χ1v) is 6.59. The van der Waals surface area contributed by atoms with E-state index in [0.29, 0.717) is 12.2 Å². The standard InChI is InChI=1S/C12H19N5O3/c1-7(11(13)18)6-17-10(8-4-3-5-14-8)9(15-16-17)12(19)20-2/h7-8,14H,3-6H2,1-2H3,(H2,13,18). The summed E-state index contributed by atoms with van der Waals surface area (Å²) in [6.07, 6.45) is 1.91. The van der Waals surface area contributed by atoms with Crippen LogP contribution in [0.1, 0.15) is 42.0 Å². The Morgan fingerprint density at radius 3 is 2.90 bits per heavy atom. The SMILES string of the molecule is COC(=O)c1nnn(CC(C)C(N)=O)c1C1CCCN1. The highest BCUT2D eigenvalue weighted by molar-refractivity contribution is 5.88. The summed E-state index contributed by atoms with van der Waals surface area (Å²) in [5.41, 5.74) is 6.14. The Balaban J connectivity index is 2.33. The zero-order chi connectivity index (χ0) is 14.7. The van der Waals surface area contributed by atoms with Gasteiger partial charge in [0.05, 0.1) is 31.3 Å². The van der Waals surface area contributed by atoms with E-state index < -0.39 is 11.9 Å². The predicted molar refractivity (Wildman–Crippen MR) is 69.7 cm³/mol. The molecule has 3 N–H and O–H groups in total. The van der Waals surface area contributed by atoms with E-state index in [2.05, 4.69) is 15.6 Å². The lowest BCUT2D eigenvalue weighted by molar-refractivity contribution is -0.121. The van der Waals surface area contributed by atoms with Crippen molar-refractivity contribution < 1.29 is 14.3 Å². The second-order valence-electron chi connectivity index (χ2n) is 4.95. The molecule has 1 aliphatic rings. The van der Waals surface area contributed by atoms with E-state index in [4.69, 9.17) is 10.5 Å². The molecule has 0 radical (unpaired) electrons. The number of aromatic nitrogens is 3. The van der Waals surface area contributed by atoms with Crippen LogP contribution in [0.5, 0.6) is 0 Å². The van der Waals surface area contributed by atoms with Crippen LogP contribution in [0.4, 0.5) is 0 Å². The predicted octanol–water partition coefficient (Wildman–Crippen LogP) is -0.389. The number of hydrogen-bond donors (Lipinski definition) is 2. The van der Waals surface area contributed by atoms with Gasteiger partial charge >= 0.3 is 5.97 Å². The molecule has 1 amide bonds. The Bertz CT molecular complexity index is 507. The minimum Gasteiger partial charge on any atom is -0.464 e. The van der Waals surface area contributed by atoms with Crippen LogP contribution in [0, 0.1) is 5.92 Å². The molecular weight excluding hydrogens is 262 g/mol. The summed E-state index contributed by atoms with van der Waals surface area (Å²) in [5, 5.41) is 11.2. The Labute approximate surface area is 116 Å². The number of ether oxygens (including phenoxy) is 1. The first-order valence-electron chi connectivity index (χ1n) is 6.59. The van der Waals surface area contributed by atoms with Crippen molar-refractivity contribution in [3.8, 4) is 0 Å². The zero-order valence-corrected chi connectivity index (χ0v) is 11.6. The van der Waals surface area contributed by atoms with Crippen LogP contribution < -0.4 is 11.1 Å². The maximum atomic E-state index is 11.8. The third kappa shape index (κ3) is 2.79. The van der Waals surface area contributed by atoms with Gasteiger partial charge in [0.15, 0.2) is 5.69 Å². The molecule has 1 aromatic rings. The minimum atomic E-state index is -0.522. The summed E-state index contributed by atoms with van der Waals surface area (Å²) >= 11 is 0. The molecule has 0 aliphatic carbocycles. The van der Waals surface area contributed by atoms with Gasteiger partial charge in [-0.05, 0) is 19.4 Å². The van der Waals surface area contributed by atoms with Gasteiger partial charge in [0.2, 0.25) is 5.91 Å². The van der Waals surface area contributed by atoms with Crippen molar-refractivity contribution in [1.82, 2.24) is 20.3 Å². The normalized spacial score (nSPS) is 19.8. The van der Waals surface area contributed by atoms with Crippen molar-refractivity contribution in [1.29, 1.82) is 0 Å². The molecule has 0 bridgehead atoms. The summed E-state index contributed by atoms with van der Waals surface area (Å²) in [4.78, 5) is 23.0. The number of carbonyl (C=O) groups excluding carboxylic acids is 2. The number of nitrogens with one attached hydrogen (secondary N) is 1. The molecule has 1 aromatic heterocycles. The quantitative estimate of drug-likeness (QED) is 0.711. The van der Waals surface area contributed by atoms with Crippen molar-refractivity contribution in [2.75, 3.05) is 13.7 Å². The summed E-state index contributed by atoms with van der Waals surface area (Å²) in [7, 11) is 1.30. The Morgan fingerprint density at radius 2 is 2.35 bits per heavy atom. The van der Waals surface area contributed by atoms with Crippen LogP contribution in [0.3, 0.4) is 0 Å². The number of rotatable bonds is 5. The zero-order valence-electron chi connectivity index (χ0n) is 11.6. The van der Waals surface area contributed by atoms with E-state index in [-0.39, 0.29) is 17.7 Å². The number of methoxy groups -OCH3 is 1. The van der Waals surface area contributed by atoms with Crippen LogP contribution in [-0.2, 0) is 16.1 Å². The van der Waals surface area contributed by atoms with E-state index in [9.17, 15) is 9.59 Å². The maximum Gasteiger partial charge on any atom is 0.360 e. The second kappa shape index (κ2) is 6.00. The first kappa shape index (κ1) is 14.4. The molecule has 0 spiro atoms. The van der Waals surface area contributed by atoms with Crippen LogP contribution in [0.2, 0.25) is 0 Å². The van der Waals surface area contributed by atoms with Gasteiger partial charge in [-0.25, -0.2) is 9.48 Å². The topological polar surface area (TPSA) is 112 Å². The Morgan fingerprint density at radius 1 is 1.60 bits per heavy atom. The van der Waals surface area contributed by atoms with Crippen LogP contribution in [-0.4, -0.2) is 40.5 Å². The van der Waals surface area contributed by atoms with Crippen molar-refractivity contribution in [2.24, 2.45) is 11.7 Å². The molecule has 2 atom stereocenters. The third-order valence-corrected chi connectivity index (χ3v) is 3.48. The van der Waals surface area contributed by atoms with Gasteiger partial charge in [-0.2, -0.15) is 0 Å². The second-order valence-corrected chi connectivity index (χ2v) is 4.95. The van der Waals surface area contributed by atoms with Crippen molar-refractivity contribution >= 4 is 11.9 Å². The number of primary amides is 1. The van der Waals surface area contributed by atoms with Crippen LogP contribution in [0.15, 0.2) is 0 Å². The fraction of sp³-hybridized carbons (Fsp3) is 0.667. The molecule has 8 nitrogen and oxygen atoms in total. The average molecular weight is 281 g/mol.